The van der Waals surface area contributed by atoms with E-state index in [4.69, 9.17) is 0 Å². The zero-order valence-electron chi connectivity index (χ0n) is 10.2. The Morgan fingerprint density at radius 1 is 1.60 bits per heavy atom. The van der Waals surface area contributed by atoms with E-state index in [9.17, 15) is 0 Å². The Hall–Kier alpha value is -1.11. The second-order valence-electron chi connectivity index (χ2n) is 4.49. The average Bonchev–Trinajstić information content (AvgIpc) is 2.17. The lowest BCUT2D eigenvalue weighted by Crippen LogP contribution is -2.19. The van der Waals surface area contributed by atoms with Crippen molar-refractivity contribution in [2.45, 2.75) is 34.1 Å². The topological polar surface area (TPSA) is 12.4 Å². The number of rotatable bonds is 3. The molecule has 82 valence electrons. The molecule has 1 nitrogen and oxygen atoms in total. The van der Waals surface area contributed by atoms with Crippen LogP contribution in [0.3, 0.4) is 0 Å². The smallest absolute Gasteiger partial charge is 0.0222 e. The molecule has 1 heteroatoms. The van der Waals surface area contributed by atoms with E-state index < -0.39 is 0 Å². The lowest BCUT2D eigenvalue weighted by molar-refractivity contribution is 0.643. The molecule has 1 unspecified atom stereocenters. The molecular weight excluding hydrogens is 182 g/mol. The molecule has 0 aromatic carbocycles. The van der Waals surface area contributed by atoms with Crippen LogP contribution in [0.2, 0.25) is 0 Å². The molecule has 1 rings (SSSR count). The molecular formula is C14H21N. The molecule has 0 heterocycles. The van der Waals surface area contributed by atoms with Crippen LogP contribution in [0.4, 0.5) is 0 Å². The summed E-state index contributed by atoms with van der Waals surface area (Å²) in [4.78, 5) is 4.32. The fourth-order valence-corrected chi connectivity index (χ4v) is 2.08. The predicted octanol–water partition coefficient (Wildman–Crippen LogP) is 4.14. The molecule has 1 aliphatic carbocycles. The maximum Gasteiger partial charge on any atom is 0.0222 e. The van der Waals surface area contributed by atoms with E-state index in [2.05, 4.69) is 51.4 Å². The normalized spacial score (nSPS) is 22.5. The van der Waals surface area contributed by atoms with Crippen molar-refractivity contribution in [3.05, 3.63) is 36.1 Å². The third kappa shape index (κ3) is 2.92. The van der Waals surface area contributed by atoms with Crippen LogP contribution in [0.5, 0.6) is 0 Å². The van der Waals surface area contributed by atoms with Crippen molar-refractivity contribution in [3.63, 3.8) is 0 Å². The summed E-state index contributed by atoms with van der Waals surface area (Å²) in [6.07, 6.45) is 7.32. The van der Waals surface area contributed by atoms with Gasteiger partial charge in [0.2, 0.25) is 0 Å². The number of hydrogen-bond donors (Lipinski definition) is 0. The molecule has 0 radical (unpaired) electrons. The average molecular weight is 203 g/mol. The summed E-state index contributed by atoms with van der Waals surface area (Å²) in [5, 5.41) is 0. The van der Waals surface area contributed by atoms with Crippen molar-refractivity contribution < 1.29 is 0 Å². The van der Waals surface area contributed by atoms with Gasteiger partial charge in [-0.25, -0.2) is 0 Å². The Morgan fingerprint density at radius 2 is 2.27 bits per heavy atom. The number of aliphatic imine (C=N–C) groups is 1. The molecule has 0 saturated carbocycles. The Morgan fingerprint density at radius 3 is 2.80 bits per heavy atom. The summed E-state index contributed by atoms with van der Waals surface area (Å²) in [6.45, 7) is 12.4. The summed E-state index contributed by atoms with van der Waals surface area (Å²) in [7, 11) is 0. The third-order valence-corrected chi connectivity index (χ3v) is 2.94. The molecule has 0 amide bonds. The molecule has 0 N–H and O–H groups in total. The van der Waals surface area contributed by atoms with Gasteiger partial charge >= 0.3 is 0 Å². The van der Waals surface area contributed by atoms with Crippen LogP contribution in [0.1, 0.15) is 34.1 Å². The molecule has 0 bridgehead atoms. The largest absolute Gasteiger partial charge is 0.266 e. The minimum atomic E-state index is 0.478. The van der Waals surface area contributed by atoms with Gasteiger partial charge in [-0.2, -0.15) is 0 Å². The monoisotopic (exact) mass is 203 g/mol. The number of allylic oxidation sites excluding steroid dienone is 4. The van der Waals surface area contributed by atoms with Crippen LogP contribution in [-0.2, 0) is 0 Å². The molecule has 15 heavy (non-hydrogen) atoms. The fourth-order valence-electron chi connectivity index (χ4n) is 2.08. The van der Waals surface area contributed by atoms with Gasteiger partial charge in [-0.15, -0.1) is 0 Å². The van der Waals surface area contributed by atoms with Gasteiger partial charge in [0.05, 0.1) is 0 Å². The molecule has 0 saturated heterocycles. The van der Waals surface area contributed by atoms with Gasteiger partial charge in [0.1, 0.15) is 0 Å². The Kier molecular flexibility index (Phi) is 4.07. The van der Waals surface area contributed by atoms with Gasteiger partial charge in [0, 0.05) is 17.8 Å². The van der Waals surface area contributed by atoms with E-state index >= 15 is 0 Å². The van der Waals surface area contributed by atoms with Crippen molar-refractivity contribution in [2.75, 3.05) is 0 Å². The van der Waals surface area contributed by atoms with E-state index in [1.807, 2.05) is 0 Å². The highest BCUT2D eigenvalue weighted by Gasteiger charge is 2.21. The maximum atomic E-state index is 4.32. The molecule has 0 aliphatic heterocycles. The van der Waals surface area contributed by atoms with E-state index in [1.165, 1.54) is 16.9 Å². The quantitative estimate of drug-likeness (QED) is 0.611. The van der Waals surface area contributed by atoms with Crippen LogP contribution in [0.25, 0.3) is 0 Å². The Bertz CT molecular complexity index is 329. The highest BCUT2D eigenvalue weighted by atomic mass is 14.7. The van der Waals surface area contributed by atoms with E-state index in [0.29, 0.717) is 11.8 Å². The van der Waals surface area contributed by atoms with Gasteiger partial charge in [-0.3, -0.25) is 4.99 Å². The Labute approximate surface area is 93.3 Å². The molecule has 0 fully saturated rings. The number of hydrogen-bond acceptors (Lipinski definition) is 1. The third-order valence-electron chi connectivity index (χ3n) is 2.94. The van der Waals surface area contributed by atoms with Gasteiger partial charge < -0.3 is 0 Å². The lowest BCUT2D eigenvalue weighted by Gasteiger charge is -2.25. The molecule has 0 aromatic rings. The lowest BCUT2D eigenvalue weighted by atomic mass is 9.80. The second-order valence-corrected chi connectivity index (χ2v) is 4.49. The minimum absolute atomic E-state index is 0.478. The highest BCUT2D eigenvalue weighted by Crippen LogP contribution is 2.30. The molecule has 1 atom stereocenters. The van der Waals surface area contributed by atoms with Gasteiger partial charge in [-0.1, -0.05) is 43.7 Å². The maximum absolute atomic E-state index is 4.32. The van der Waals surface area contributed by atoms with Crippen molar-refractivity contribution in [1.82, 2.24) is 0 Å². The fraction of sp³-hybridized carbons (Fsp3) is 0.500. The number of nitrogens with zero attached hydrogens (tertiary/aromatic N) is 1. The van der Waals surface area contributed by atoms with Crippen LogP contribution in [0.15, 0.2) is 41.1 Å². The van der Waals surface area contributed by atoms with Gasteiger partial charge in [-0.05, 0) is 26.2 Å². The van der Waals surface area contributed by atoms with Crippen molar-refractivity contribution in [2.24, 2.45) is 16.8 Å². The van der Waals surface area contributed by atoms with Crippen LogP contribution < -0.4 is 0 Å². The van der Waals surface area contributed by atoms with Crippen molar-refractivity contribution >= 4 is 5.71 Å². The van der Waals surface area contributed by atoms with Crippen molar-refractivity contribution in [3.8, 4) is 0 Å². The standard InChI is InChI=1S/C14H21N/c1-6-15-12(5)13-8-7-11(4)9-14(13)10(2)3/h6-7,9-10,13H,1,8H2,2-5H3. The molecule has 0 spiro atoms. The van der Waals surface area contributed by atoms with Crippen LogP contribution >= 0.6 is 0 Å². The van der Waals surface area contributed by atoms with Gasteiger partial charge in [0.15, 0.2) is 0 Å². The SMILES string of the molecule is C=CN=C(C)C1CC=C(C)C=C1C(C)C. The zero-order valence-corrected chi connectivity index (χ0v) is 10.2. The first-order chi connectivity index (χ1) is 7.06. The minimum Gasteiger partial charge on any atom is -0.266 e. The first-order valence-corrected chi connectivity index (χ1v) is 5.59. The predicted molar refractivity (Wildman–Crippen MR) is 68.1 cm³/mol. The molecule has 0 aromatic heterocycles. The first kappa shape index (κ1) is 12.0. The van der Waals surface area contributed by atoms with Crippen molar-refractivity contribution in [1.29, 1.82) is 0 Å². The summed E-state index contributed by atoms with van der Waals surface area (Å²) in [6, 6.07) is 0. The second kappa shape index (κ2) is 5.11. The summed E-state index contributed by atoms with van der Waals surface area (Å²) >= 11 is 0. The summed E-state index contributed by atoms with van der Waals surface area (Å²) in [5.74, 6) is 1.07. The Balaban J connectivity index is 2.97. The molecule has 1 aliphatic rings. The van der Waals surface area contributed by atoms with Crippen LogP contribution in [0, 0.1) is 11.8 Å². The van der Waals surface area contributed by atoms with Crippen LogP contribution in [-0.4, -0.2) is 5.71 Å². The highest BCUT2D eigenvalue weighted by molar-refractivity contribution is 5.88. The summed E-state index contributed by atoms with van der Waals surface area (Å²) in [5.41, 5.74) is 4.05. The summed E-state index contributed by atoms with van der Waals surface area (Å²) < 4.78 is 0. The van der Waals surface area contributed by atoms with E-state index in [0.717, 1.165) is 6.42 Å². The van der Waals surface area contributed by atoms with Gasteiger partial charge in [0.25, 0.3) is 0 Å². The van der Waals surface area contributed by atoms with E-state index in [-0.39, 0.29) is 0 Å². The first-order valence-electron chi connectivity index (χ1n) is 5.59. The zero-order chi connectivity index (χ0) is 11.4. The van der Waals surface area contributed by atoms with E-state index in [1.54, 1.807) is 6.20 Å².